The lowest BCUT2D eigenvalue weighted by molar-refractivity contribution is 0.177. The molecule has 2 saturated carbocycles. The minimum Gasteiger partial charge on any atom is -0.493 e. The van der Waals surface area contributed by atoms with Gasteiger partial charge < -0.3 is 9.53 Å². The van der Waals surface area contributed by atoms with Gasteiger partial charge in [-0.2, -0.15) is 4.98 Å². The highest BCUT2D eigenvalue weighted by Gasteiger charge is 2.60. The number of nitrogens with zero attached hydrogens (tertiary/aromatic N) is 2. The smallest absolute Gasteiger partial charge is 0.261 e. The summed E-state index contributed by atoms with van der Waals surface area (Å²) < 4.78 is 7.34. The molecule has 33 heavy (non-hydrogen) atoms. The van der Waals surface area contributed by atoms with Crippen molar-refractivity contribution in [1.82, 2.24) is 9.97 Å². The molecule has 0 aliphatic heterocycles. The van der Waals surface area contributed by atoms with E-state index in [1.165, 1.54) is 22.1 Å². The Labute approximate surface area is 202 Å². The molecule has 0 amide bonds. The van der Waals surface area contributed by atoms with Crippen LogP contribution in [0.25, 0.3) is 0 Å². The fraction of sp³-hybridized carbons (Fsp3) is 0.407. The van der Waals surface area contributed by atoms with E-state index in [9.17, 15) is 5.11 Å². The Balaban J connectivity index is 1.43. The van der Waals surface area contributed by atoms with Crippen LogP contribution in [-0.4, -0.2) is 35.8 Å². The summed E-state index contributed by atoms with van der Waals surface area (Å²) in [4.78, 5) is 8.79. The zero-order chi connectivity index (χ0) is 23.2. The van der Waals surface area contributed by atoms with Crippen molar-refractivity contribution < 1.29 is 9.53 Å². The van der Waals surface area contributed by atoms with Crippen molar-refractivity contribution in [2.45, 2.75) is 55.8 Å². The number of thioether (sulfide) groups is 1. The van der Waals surface area contributed by atoms with Crippen LogP contribution < -0.4 is 10.4 Å². The standard InChI is InChI=1S/C27H32N2O2SSi/c1-27(2,3)33(19-11-7-5-8-12-19,20-13-9-6-10-14-20)31-18-15-21-22(16-18)25(21)23-17-24(30)29-26(28-23)32-4/h5-14,17-18,21-22,25H,15-16H2,1-4H3,(H,28,29,30)/t18?,21-,22+,25+. The summed E-state index contributed by atoms with van der Waals surface area (Å²) in [7, 11) is -2.52. The molecular formula is C27H32N2O2SSi. The molecule has 2 aromatic carbocycles. The summed E-state index contributed by atoms with van der Waals surface area (Å²) in [6, 6.07) is 23.5. The van der Waals surface area contributed by atoms with Crippen molar-refractivity contribution >= 4 is 30.5 Å². The van der Waals surface area contributed by atoms with Crippen LogP contribution in [-0.2, 0) is 4.43 Å². The summed E-state index contributed by atoms with van der Waals surface area (Å²) in [5.41, 5.74) is 0.991. The lowest BCUT2D eigenvalue weighted by atomic mass is 10.1. The molecule has 3 aromatic rings. The summed E-state index contributed by atoms with van der Waals surface area (Å²) >= 11 is 1.48. The van der Waals surface area contributed by atoms with Gasteiger partial charge >= 0.3 is 0 Å². The monoisotopic (exact) mass is 476 g/mol. The first-order valence-electron chi connectivity index (χ1n) is 11.7. The van der Waals surface area contributed by atoms with Crippen LogP contribution >= 0.6 is 11.8 Å². The number of benzene rings is 2. The molecule has 4 atom stereocenters. The van der Waals surface area contributed by atoms with Gasteiger partial charge in [-0.3, -0.25) is 0 Å². The minimum absolute atomic E-state index is 0.00637. The van der Waals surface area contributed by atoms with Crippen LogP contribution in [0.1, 0.15) is 45.2 Å². The zero-order valence-electron chi connectivity index (χ0n) is 19.7. The Morgan fingerprint density at radius 3 is 1.94 bits per heavy atom. The third kappa shape index (κ3) is 4.02. The maximum atomic E-state index is 10.0. The maximum absolute atomic E-state index is 10.0. The Morgan fingerprint density at radius 2 is 1.45 bits per heavy atom. The van der Waals surface area contributed by atoms with Gasteiger partial charge in [-0.05, 0) is 46.3 Å². The largest absolute Gasteiger partial charge is 0.493 e. The van der Waals surface area contributed by atoms with E-state index in [2.05, 4.69) is 86.4 Å². The molecule has 2 fully saturated rings. The molecule has 1 N–H and O–H groups in total. The van der Waals surface area contributed by atoms with Crippen molar-refractivity contribution in [2.24, 2.45) is 11.8 Å². The molecule has 0 bridgehead atoms. The van der Waals surface area contributed by atoms with Crippen LogP contribution in [0.2, 0.25) is 5.04 Å². The molecule has 2 aliphatic rings. The van der Waals surface area contributed by atoms with Crippen LogP contribution in [0.4, 0.5) is 0 Å². The third-order valence-electron chi connectivity index (χ3n) is 7.40. The highest BCUT2D eigenvalue weighted by Crippen LogP contribution is 2.64. The fourth-order valence-corrected chi connectivity index (χ4v) is 11.0. The molecule has 0 saturated heterocycles. The van der Waals surface area contributed by atoms with Gasteiger partial charge in [0, 0.05) is 18.1 Å². The Kier molecular flexibility index (Phi) is 5.87. The van der Waals surface area contributed by atoms with E-state index >= 15 is 0 Å². The summed E-state index contributed by atoms with van der Waals surface area (Å²) in [6.45, 7) is 7.02. The SMILES string of the molecule is CSc1nc(O)cc([C@H]2[C@@H]3CC(O[Si](c4ccccc4)(c4ccccc4)C(C)(C)C)C[C@@H]32)n1. The zero-order valence-corrected chi connectivity index (χ0v) is 21.5. The number of aromatic nitrogens is 2. The predicted octanol–water partition coefficient (Wildman–Crippen LogP) is 4.97. The van der Waals surface area contributed by atoms with Crippen LogP contribution in [0.5, 0.6) is 5.88 Å². The molecule has 172 valence electrons. The molecule has 1 unspecified atom stereocenters. The second-order valence-corrected chi connectivity index (χ2v) is 15.4. The molecule has 6 heteroatoms. The molecular weight excluding hydrogens is 444 g/mol. The number of fused-ring (bicyclic) bond motifs is 1. The first-order chi connectivity index (χ1) is 15.8. The lowest BCUT2D eigenvalue weighted by Gasteiger charge is -2.45. The number of hydrogen-bond acceptors (Lipinski definition) is 5. The highest BCUT2D eigenvalue weighted by molar-refractivity contribution is 7.98. The quantitative estimate of drug-likeness (QED) is 0.309. The first-order valence-corrected chi connectivity index (χ1v) is 14.9. The van der Waals surface area contributed by atoms with Gasteiger partial charge in [-0.25, -0.2) is 4.98 Å². The van der Waals surface area contributed by atoms with Gasteiger partial charge in [0.1, 0.15) is 0 Å². The second kappa shape index (κ2) is 8.57. The van der Waals surface area contributed by atoms with E-state index < -0.39 is 8.32 Å². The van der Waals surface area contributed by atoms with Crippen LogP contribution in [0.15, 0.2) is 71.9 Å². The van der Waals surface area contributed by atoms with Crippen molar-refractivity contribution in [1.29, 1.82) is 0 Å². The van der Waals surface area contributed by atoms with Gasteiger partial charge in [0.2, 0.25) is 5.88 Å². The van der Waals surface area contributed by atoms with Crippen molar-refractivity contribution in [3.63, 3.8) is 0 Å². The molecule has 2 aliphatic carbocycles. The Bertz CT molecular complexity index is 1070. The van der Waals surface area contributed by atoms with E-state index in [1.54, 1.807) is 6.07 Å². The normalized spacial score (nSPS) is 24.5. The number of hydrogen-bond donors (Lipinski definition) is 1. The van der Waals surface area contributed by atoms with Crippen molar-refractivity contribution in [3.8, 4) is 5.88 Å². The first kappa shape index (κ1) is 22.6. The molecule has 0 spiro atoms. The van der Waals surface area contributed by atoms with Gasteiger partial charge in [-0.15, -0.1) is 0 Å². The topological polar surface area (TPSA) is 55.2 Å². The molecule has 1 aromatic heterocycles. The lowest BCUT2D eigenvalue weighted by Crippen LogP contribution is -2.67. The van der Waals surface area contributed by atoms with Gasteiger partial charge in [0.25, 0.3) is 8.32 Å². The third-order valence-corrected chi connectivity index (χ3v) is 13.0. The molecule has 5 rings (SSSR count). The Morgan fingerprint density at radius 1 is 0.909 bits per heavy atom. The van der Waals surface area contributed by atoms with Gasteiger partial charge in [-0.1, -0.05) is 93.2 Å². The van der Waals surface area contributed by atoms with Crippen molar-refractivity contribution in [2.75, 3.05) is 6.26 Å². The van der Waals surface area contributed by atoms with E-state index in [4.69, 9.17) is 9.41 Å². The van der Waals surface area contributed by atoms with Gasteiger partial charge in [0.05, 0.1) is 5.69 Å². The number of aromatic hydroxyl groups is 1. The molecule has 0 radical (unpaired) electrons. The summed E-state index contributed by atoms with van der Waals surface area (Å²) in [5.74, 6) is 1.66. The van der Waals surface area contributed by atoms with Crippen LogP contribution in [0, 0.1) is 11.8 Å². The summed E-state index contributed by atoms with van der Waals surface area (Å²) in [5, 5.41) is 13.3. The molecule has 1 heterocycles. The van der Waals surface area contributed by atoms with Crippen LogP contribution in [0.3, 0.4) is 0 Å². The van der Waals surface area contributed by atoms with E-state index in [0.29, 0.717) is 22.9 Å². The maximum Gasteiger partial charge on any atom is 0.261 e. The minimum atomic E-state index is -2.52. The summed E-state index contributed by atoms with van der Waals surface area (Å²) in [6.07, 6.45) is 4.30. The second-order valence-electron chi connectivity index (χ2n) is 10.4. The average molecular weight is 477 g/mol. The van der Waals surface area contributed by atoms with Gasteiger partial charge in [0.15, 0.2) is 5.16 Å². The van der Waals surface area contributed by atoms with Crippen molar-refractivity contribution in [3.05, 3.63) is 72.4 Å². The van der Waals surface area contributed by atoms with E-state index in [-0.39, 0.29) is 17.0 Å². The fourth-order valence-electron chi connectivity index (χ4n) is 5.96. The van der Waals surface area contributed by atoms with E-state index in [0.717, 1.165) is 18.5 Å². The predicted molar refractivity (Wildman–Crippen MR) is 137 cm³/mol. The average Bonchev–Trinajstić information content (AvgIpc) is 3.32. The Hall–Kier alpha value is -2.15. The number of rotatable bonds is 6. The molecule has 4 nitrogen and oxygen atoms in total. The van der Waals surface area contributed by atoms with E-state index in [1.807, 2.05) is 6.26 Å². The highest BCUT2D eigenvalue weighted by atomic mass is 32.2.